The molecule has 0 saturated carbocycles. The first-order chi connectivity index (χ1) is 9.24. The summed E-state index contributed by atoms with van der Waals surface area (Å²) < 4.78 is 19.4. The first kappa shape index (κ1) is 14.7. The van der Waals surface area contributed by atoms with E-state index in [-0.39, 0.29) is 18.0 Å². The van der Waals surface area contributed by atoms with E-state index in [4.69, 9.17) is 4.74 Å². The second-order valence-corrected chi connectivity index (χ2v) is 6.15. The van der Waals surface area contributed by atoms with Crippen LogP contribution < -0.4 is 10.1 Å². The lowest BCUT2D eigenvalue weighted by Crippen LogP contribution is -2.33. The van der Waals surface area contributed by atoms with Crippen LogP contribution in [0.5, 0.6) is 5.75 Å². The third-order valence-electron chi connectivity index (χ3n) is 3.38. The maximum atomic E-state index is 13.4. The summed E-state index contributed by atoms with van der Waals surface area (Å²) in [5.41, 5.74) is 0.959. The summed E-state index contributed by atoms with van der Waals surface area (Å²) in [6.07, 6.45) is 2.22. The van der Waals surface area contributed by atoms with E-state index in [2.05, 4.69) is 19.2 Å². The molecular weight excluding hydrogens is 261 g/mol. The number of hydrogen-bond acceptors (Lipinski definition) is 3. The summed E-state index contributed by atoms with van der Waals surface area (Å²) in [7, 11) is 0. The average Bonchev–Trinajstić information content (AvgIpc) is 2.40. The van der Waals surface area contributed by atoms with E-state index in [1.54, 1.807) is 12.1 Å². The molecule has 1 aliphatic rings. The number of benzene rings is 1. The molecule has 0 bridgehead atoms. The molecule has 0 amide bonds. The molecule has 1 heterocycles. The molecule has 0 fully saturated rings. The predicted octanol–water partition coefficient (Wildman–Crippen LogP) is 3.77. The Kier molecular flexibility index (Phi) is 5.52. The highest BCUT2D eigenvalue weighted by atomic mass is 32.2. The van der Waals surface area contributed by atoms with E-state index < -0.39 is 0 Å². The van der Waals surface area contributed by atoms with Gasteiger partial charge in [-0.25, -0.2) is 4.39 Å². The van der Waals surface area contributed by atoms with Gasteiger partial charge in [0.15, 0.2) is 0 Å². The number of nitrogens with one attached hydrogen (secondary N) is 1. The molecule has 0 saturated heterocycles. The number of fused-ring (bicyclic) bond motifs is 1. The molecule has 1 aliphatic heterocycles. The second kappa shape index (κ2) is 7.15. The summed E-state index contributed by atoms with van der Waals surface area (Å²) >= 11 is 1.94. The Morgan fingerprint density at radius 1 is 1.42 bits per heavy atom. The fourth-order valence-electron chi connectivity index (χ4n) is 2.49. The molecule has 0 radical (unpaired) electrons. The van der Waals surface area contributed by atoms with Gasteiger partial charge in [-0.1, -0.05) is 13.8 Å². The van der Waals surface area contributed by atoms with Crippen molar-refractivity contribution < 1.29 is 9.13 Å². The van der Waals surface area contributed by atoms with Crippen LogP contribution in [0.2, 0.25) is 0 Å². The number of halogens is 1. The molecule has 1 aromatic carbocycles. The molecule has 2 nitrogen and oxygen atoms in total. The summed E-state index contributed by atoms with van der Waals surface area (Å²) in [4.78, 5) is 0. The summed E-state index contributed by atoms with van der Waals surface area (Å²) in [6.45, 7) is 5.14. The SMILES string of the molecule is CCNC1CC(CCSCC)Oc2ccc(F)cc21. The Bertz CT molecular complexity index is 413. The molecule has 2 rings (SSSR count). The molecule has 2 unspecified atom stereocenters. The average molecular weight is 283 g/mol. The van der Waals surface area contributed by atoms with Crippen molar-refractivity contribution >= 4 is 11.8 Å². The topological polar surface area (TPSA) is 21.3 Å². The van der Waals surface area contributed by atoms with Crippen LogP contribution in [0.15, 0.2) is 18.2 Å². The molecule has 4 heteroatoms. The molecular formula is C15H22FNOS. The standard InChI is InChI=1S/C15H22FNOS/c1-3-17-14-10-12(7-8-19-4-2)18-15-6-5-11(16)9-13(14)15/h5-6,9,12,14,17H,3-4,7-8,10H2,1-2H3. The molecule has 0 spiro atoms. The smallest absolute Gasteiger partial charge is 0.124 e. The Balaban J connectivity index is 2.09. The molecule has 2 atom stereocenters. The van der Waals surface area contributed by atoms with Gasteiger partial charge in [0, 0.05) is 18.0 Å². The lowest BCUT2D eigenvalue weighted by atomic mass is 9.95. The van der Waals surface area contributed by atoms with Crippen molar-refractivity contribution in [1.29, 1.82) is 0 Å². The lowest BCUT2D eigenvalue weighted by molar-refractivity contribution is 0.147. The highest BCUT2D eigenvalue weighted by Gasteiger charge is 2.27. The van der Waals surface area contributed by atoms with Crippen LogP contribution in [0.1, 0.15) is 38.3 Å². The summed E-state index contributed by atoms with van der Waals surface area (Å²) in [5, 5.41) is 3.43. The van der Waals surface area contributed by atoms with Crippen LogP contribution in [-0.4, -0.2) is 24.2 Å². The molecule has 1 aromatic rings. The Labute approximate surface area is 119 Å². The van der Waals surface area contributed by atoms with Crippen molar-refractivity contribution in [2.75, 3.05) is 18.1 Å². The maximum Gasteiger partial charge on any atom is 0.124 e. The first-order valence-electron chi connectivity index (χ1n) is 7.01. The van der Waals surface area contributed by atoms with Crippen LogP contribution in [0.4, 0.5) is 4.39 Å². The van der Waals surface area contributed by atoms with Crippen molar-refractivity contribution in [2.24, 2.45) is 0 Å². The van der Waals surface area contributed by atoms with Gasteiger partial charge >= 0.3 is 0 Å². The fraction of sp³-hybridized carbons (Fsp3) is 0.600. The third kappa shape index (κ3) is 3.86. The fourth-order valence-corrected chi connectivity index (χ4v) is 3.21. The first-order valence-corrected chi connectivity index (χ1v) is 8.17. The van der Waals surface area contributed by atoms with Crippen molar-refractivity contribution in [3.63, 3.8) is 0 Å². The van der Waals surface area contributed by atoms with Crippen LogP contribution in [0.3, 0.4) is 0 Å². The van der Waals surface area contributed by atoms with Gasteiger partial charge in [0.25, 0.3) is 0 Å². The van der Waals surface area contributed by atoms with Gasteiger partial charge in [0.05, 0.1) is 0 Å². The normalized spacial score (nSPS) is 21.8. The predicted molar refractivity (Wildman–Crippen MR) is 79.5 cm³/mol. The monoisotopic (exact) mass is 283 g/mol. The minimum absolute atomic E-state index is 0.190. The number of ether oxygens (including phenoxy) is 1. The molecule has 0 aromatic heterocycles. The number of hydrogen-bond donors (Lipinski definition) is 1. The van der Waals surface area contributed by atoms with E-state index in [9.17, 15) is 4.39 Å². The Hall–Kier alpha value is -0.740. The largest absolute Gasteiger partial charge is 0.490 e. The summed E-state index contributed by atoms with van der Waals surface area (Å²) in [6, 6.07) is 5.04. The quantitative estimate of drug-likeness (QED) is 0.803. The molecule has 19 heavy (non-hydrogen) atoms. The molecule has 1 N–H and O–H groups in total. The highest BCUT2D eigenvalue weighted by molar-refractivity contribution is 7.99. The maximum absolute atomic E-state index is 13.4. The van der Waals surface area contributed by atoms with Crippen LogP contribution in [0, 0.1) is 5.82 Å². The summed E-state index contributed by atoms with van der Waals surface area (Å²) in [5.74, 6) is 2.91. The second-order valence-electron chi connectivity index (χ2n) is 4.75. The van der Waals surface area contributed by atoms with Gasteiger partial charge in [-0.05, 0) is 42.7 Å². The van der Waals surface area contributed by atoms with Gasteiger partial charge in [-0.2, -0.15) is 11.8 Å². The van der Waals surface area contributed by atoms with Crippen molar-refractivity contribution in [3.8, 4) is 5.75 Å². The number of rotatable bonds is 6. The highest BCUT2D eigenvalue weighted by Crippen LogP contribution is 2.36. The molecule has 0 aliphatic carbocycles. The van der Waals surface area contributed by atoms with E-state index in [0.717, 1.165) is 42.2 Å². The van der Waals surface area contributed by atoms with Gasteiger partial charge in [-0.15, -0.1) is 0 Å². The minimum Gasteiger partial charge on any atom is -0.490 e. The third-order valence-corrected chi connectivity index (χ3v) is 4.31. The Morgan fingerprint density at radius 3 is 3.00 bits per heavy atom. The zero-order valence-electron chi connectivity index (χ0n) is 11.6. The van der Waals surface area contributed by atoms with Gasteiger partial charge in [0.1, 0.15) is 17.7 Å². The van der Waals surface area contributed by atoms with Crippen LogP contribution in [-0.2, 0) is 0 Å². The van der Waals surface area contributed by atoms with Crippen LogP contribution in [0.25, 0.3) is 0 Å². The lowest BCUT2D eigenvalue weighted by Gasteiger charge is -2.32. The minimum atomic E-state index is -0.190. The van der Waals surface area contributed by atoms with E-state index in [0.29, 0.717) is 0 Å². The van der Waals surface area contributed by atoms with E-state index in [1.165, 1.54) is 6.07 Å². The zero-order chi connectivity index (χ0) is 13.7. The van der Waals surface area contributed by atoms with Crippen molar-refractivity contribution in [2.45, 2.75) is 38.8 Å². The van der Waals surface area contributed by atoms with Gasteiger partial charge < -0.3 is 10.1 Å². The molecule has 106 valence electrons. The van der Waals surface area contributed by atoms with Crippen LogP contribution >= 0.6 is 11.8 Å². The van der Waals surface area contributed by atoms with Crippen molar-refractivity contribution in [1.82, 2.24) is 5.32 Å². The van der Waals surface area contributed by atoms with Gasteiger partial charge in [0.2, 0.25) is 0 Å². The Morgan fingerprint density at radius 2 is 2.26 bits per heavy atom. The number of thioether (sulfide) groups is 1. The van der Waals surface area contributed by atoms with E-state index >= 15 is 0 Å². The van der Waals surface area contributed by atoms with E-state index in [1.807, 2.05) is 11.8 Å². The zero-order valence-corrected chi connectivity index (χ0v) is 12.4. The van der Waals surface area contributed by atoms with Crippen molar-refractivity contribution in [3.05, 3.63) is 29.6 Å². The van der Waals surface area contributed by atoms with Gasteiger partial charge in [-0.3, -0.25) is 0 Å².